The predicted molar refractivity (Wildman–Crippen MR) is 78.8 cm³/mol. The molecule has 0 aliphatic carbocycles. The van der Waals surface area contributed by atoms with Gasteiger partial charge < -0.3 is 10.6 Å². The first-order valence-electron chi connectivity index (χ1n) is 6.48. The zero-order chi connectivity index (χ0) is 14.7. The van der Waals surface area contributed by atoms with Crippen molar-refractivity contribution in [3.63, 3.8) is 0 Å². The van der Waals surface area contributed by atoms with Crippen molar-refractivity contribution in [1.29, 1.82) is 0 Å². The van der Waals surface area contributed by atoms with E-state index >= 15 is 0 Å². The van der Waals surface area contributed by atoms with Gasteiger partial charge in [0, 0.05) is 41.9 Å². The lowest BCUT2D eigenvalue weighted by Crippen LogP contribution is -2.27. The number of nitrogens with two attached hydrogens (primary N) is 1. The van der Waals surface area contributed by atoms with Crippen LogP contribution in [-0.4, -0.2) is 29.8 Å². The largest absolute Gasteiger partial charge is 0.370 e. The molecular weight excluding hydrogens is 299 g/mol. The fourth-order valence-electron chi connectivity index (χ4n) is 2.47. The van der Waals surface area contributed by atoms with Crippen LogP contribution in [0.5, 0.6) is 0 Å². The van der Waals surface area contributed by atoms with Crippen molar-refractivity contribution in [1.82, 2.24) is 4.90 Å². The highest BCUT2D eigenvalue weighted by atomic mass is 35.5. The summed E-state index contributed by atoms with van der Waals surface area (Å²) in [6.07, 6.45) is 1.34. The fourth-order valence-corrected chi connectivity index (χ4v) is 3.04. The second-order valence-corrected chi connectivity index (χ2v) is 5.82. The van der Waals surface area contributed by atoms with Crippen molar-refractivity contribution in [2.75, 3.05) is 13.1 Å². The lowest BCUT2D eigenvalue weighted by molar-refractivity contribution is -0.128. The van der Waals surface area contributed by atoms with E-state index in [1.807, 2.05) is 6.07 Å². The molecule has 0 aromatic heterocycles. The predicted octanol–water partition coefficient (Wildman–Crippen LogP) is 2.57. The van der Waals surface area contributed by atoms with Crippen LogP contribution in [-0.2, 0) is 9.59 Å². The summed E-state index contributed by atoms with van der Waals surface area (Å²) in [6, 6.07) is 5.34. The molecule has 0 saturated carbocycles. The van der Waals surface area contributed by atoms with E-state index in [-0.39, 0.29) is 17.7 Å². The molecule has 2 rings (SSSR count). The Morgan fingerprint density at radius 3 is 2.80 bits per heavy atom. The molecule has 0 spiro atoms. The van der Waals surface area contributed by atoms with Crippen LogP contribution in [0.2, 0.25) is 10.0 Å². The van der Waals surface area contributed by atoms with Gasteiger partial charge in [0.25, 0.3) is 0 Å². The molecule has 1 fully saturated rings. The molecule has 6 heteroatoms. The third-order valence-corrected chi connectivity index (χ3v) is 4.03. The third-order valence-electron chi connectivity index (χ3n) is 3.47. The Hall–Kier alpha value is -1.26. The van der Waals surface area contributed by atoms with Gasteiger partial charge in [0.05, 0.1) is 0 Å². The van der Waals surface area contributed by atoms with Gasteiger partial charge in [-0.25, -0.2) is 0 Å². The Morgan fingerprint density at radius 2 is 2.15 bits per heavy atom. The number of nitrogens with zero attached hydrogens (tertiary/aromatic N) is 1. The maximum absolute atomic E-state index is 12.0. The van der Waals surface area contributed by atoms with Crippen molar-refractivity contribution < 1.29 is 9.59 Å². The van der Waals surface area contributed by atoms with Crippen LogP contribution in [0.3, 0.4) is 0 Å². The molecule has 4 nitrogen and oxygen atoms in total. The van der Waals surface area contributed by atoms with Crippen LogP contribution in [0.15, 0.2) is 18.2 Å². The summed E-state index contributed by atoms with van der Waals surface area (Å²) < 4.78 is 0. The summed E-state index contributed by atoms with van der Waals surface area (Å²) in [5, 5.41) is 1.18. The summed E-state index contributed by atoms with van der Waals surface area (Å²) in [7, 11) is 0. The van der Waals surface area contributed by atoms with Gasteiger partial charge in [-0.2, -0.15) is 0 Å². The maximum Gasteiger partial charge on any atom is 0.223 e. The number of benzene rings is 1. The Labute approximate surface area is 127 Å². The molecule has 1 saturated heterocycles. The van der Waals surface area contributed by atoms with Crippen molar-refractivity contribution in [3.05, 3.63) is 33.8 Å². The number of rotatable bonds is 5. The lowest BCUT2D eigenvalue weighted by Gasteiger charge is -2.16. The van der Waals surface area contributed by atoms with Gasteiger partial charge in [-0.1, -0.05) is 29.3 Å². The van der Waals surface area contributed by atoms with E-state index in [0.29, 0.717) is 42.4 Å². The number of hydrogen-bond donors (Lipinski definition) is 1. The number of carbonyl (C=O) groups is 2. The molecule has 1 unspecified atom stereocenters. The van der Waals surface area contributed by atoms with E-state index in [2.05, 4.69) is 0 Å². The normalized spacial score (nSPS) is 18.6. The molecule has 1 heterocycles. The number of hydrogen-bond acceptors (Lipinski definition) is 2. The average Bonchev–Trinajstić information content (AvgIpc) is 2.70. The van der Waals surface area contributed by atoms with Gasteiger partial charge in [-0.3, -0.25) is 9.59 Å². The second-order valence-electron chi connectivity index (χ2n) is 4.98. The second kappa shape index (κ2) is 6.46. The molecule has 1 aliphatic heterocycles. The van der Waals surface area contributed by atoms with Gasteiger partial charge in [0.15, 0.2) is 0 Å². The maximum atomic E-state index is 12.0. The van der Waals surface area contributed by atoms with E-state index in [9.17, 15) is 9.59 Å². The molecule has 2 N–H and O–H groups in total. The number of primary amides is 1. The molecule has 1 aliphatic rings. The van der Waals surface area contributed by atoms with Gasteiger partial charge in [0.1, 0.15) is 0 Å². The minimum atomic E-state index is -0.339. The minimum Gasteiger partial charge on any atom is -0.370 e. The standard InChI is InChI=1S/C14H16Cl2N2O2/c15-10-3-4-11(12(16)7-10)9-6-14(20)18(8-9)5-1-2-13(17)19/h3-4,7,9H,1-2,5-6,8H2,(H2,17,19). The Morgan fingerprint density at radius 1 is 1.40 bits per heavy atom. The summed E-state index contributed by atoms with van der Waals surface area (Å²) in [4.78, 5) is 24.4. The average molecular weight is 315 g/mol. The smallest absolute Gasteiger partial charge is 0.223 e. The quantitative estimate of drug-likeness (QED) is 0.907. The molecule has 1 aromatic carbocycles. The number of amides is 2. The summed E-state index contributed by atoms with van der Waals surface area (Å²) in [5.74, 6) is -0.166. The highest BCUT2D eigenvalue weighted by molar-refractivity contribution is 6.35. The number of carbonyl (C=O) groups excluding carboxylic acids is 2. The Kier molecular flexibility index (Phi) is 4.89. The monoisotopic (exact) mass is 314 g/mol. The van der Waals surface area contributed by atoms with Crippen LogP contribution in [0.4, 0.5) is 0 Å². The van der Waals surface area contributed by atoms with Crippen molar-refractivity contribution >= 4 is 35.0 Å². The molecule has 2 amide bonds. The van der Waals surface area contributed by atoms with Crippen LogP contribution in [0, 0.1) is 0 Å². The highest BCUT2D eigenvalue weighted by Gasteiger charge is 2.31. The van der Waals surface area contributed by atoms with Crippen LogP contribution >= 0.6 is 23.2 Å². The zero-order valence-electron chi connectivity index (χ0n) is 10.9. The van der Waals surface area contributed by atoms with E-state index in [1.54, 1.807) is 17.0 Å². The summed E-state index contributed by atoms with van der Waals surface area (Å²) in [5.41, 5.74) is 6.04. The zero-order valence-corrected chi connectivity index (χ0v) is 12.5. The molecule has 0 radical (unpaired) electrons. The molecule has 108 valence electrons. The van der Waals surface area contributed by atoms with Crippen LogP contribution in [0.25, 0.3) is 0 Å². The molecule has 20 heavy (non-hydrogen) atoms. The first kappa shape index (κ1) is 15.1. The summed E-state index contributed by atoms with van der Waals surface area (Å²) in [6.45, 7) is 1.18. The Balaban J connectivity index is 1.99. The highest BCUT2D eigenvalue weighted by Crippen LogP contribution is 2.34. The topological polar surface area (TPSA) is 63.4 Å². The number of halogens is 2. The van der Waals surface area contributed by atoms with Gasteiger partial charge in [0.2, 0.25) is 11.8 Å². The molecule has 1 aromatic rings. The van der Waals surface area contributed by atoms with Crippen molar-refractivity contribution in [2.24, 2.45) is 5.73 Å². The van der Waals surface area contributed by atoms with E-state index in [4.69, 9.17) is 28.9 Å². The fraction of sp³-hybridized carbons (Fsp3) is 0.429. The van der Waals surface area contributed by atoms with Crippen LogP contribution in [0.1, 0.15) is 30.7 Å². The minimum absolute atomic E-state index is 0.0841. The van der Waals surface area contributed by atoms with Gasteiger partial charge >= 0.3 is 0 Å². The van der Waals surface area contributed by atoms with Crippen molar-refractivity contribution in [2.45, 2.75) is 25.2 Å². The summed E-state index contributed by atoms with van der Waals surface area (Å²) >= 11 is 12.0. The van der Waals surface area contributed by atoms with E-state index < -0.39 is 0 Å². The molecule has 1 atom stereocenters. The van der Waals surface area contributed by atoms with Crippen molar-refractivity contribution in [3.8, 4) is 0 Å². The SMILES string of the molecule is NC(=O)CCCN1CC(c2ccc(Cl)cc2Cl)CC1=O. The number of likely N-dealkylation sites (tertiary alicyclic amines) is 1. The van der Waals surface area contributed by atoms with E-state index in [1.165, 1.54) is 0 Å². The lowest BCUT2D eigenvalue weighted by atomic mass is 9.98. The Bertz CT molecular complexity index is 534. The third kappa shape index (κ3) is 3.64. The molecular formula is C14H16Cl2N2O2. The molecule has 0 bridgehead atoms. The first-order valence-corrected chi connectivity index (χ1v) is 7.24. The van der Waals surface area contributed by atoms with Crippen LogP contribution < -0.4 is 5.73 Å². The van der Waals surface area contributed by atoms with Gasteiger partial charge in [-0.15, -0.1) is 0 Å². The first-order chi connectivity index (χ1) is 9.47. The van der Waals surface area contributed by atoms with Gasteiger partial charge in [-0.05, 0) is 24.1 Å². The van der Waals surface area contributed by atoms with E-state index in [0.717, 1.165) is 5.56 Å².